The Balaban J connectivity index is 1.79. The molecule has 1 unspecified atom stereocenters. The van der Waals surface area contributed by atoms with Crippen molar-refractivity contribution in [2.24, 2.45) is 5.92 Å². The van der Waals surface area contributed by atoms with Crippen molar-refractivity contribution in [2.45, 2.75) is 52.5 Å². The van der Waals surface area contributed by atoms with E-state index in [9.17, 15) is 0 Å². The molecule has 1 aliphatic rings. The highest BCUT2D eigenvalue weighted by Gasteiger charge is 2.24. The van der Waals surface area contributed by atoms with Gasteiger partial charge in [-0.1, -0.05) is 25.2 Å². The molecule has 1 saturated heterocycles. The Hall–Kier alpha value is -0.680. The zero-order valence-corrected chi connectivity index (χ0v) is 13.2. The van der Waals surface area contributed by atoms with Gasteiger partial charge in [0.25, 0.3) is 0 Å². The minimum absolute atomic E-state index is 0.501. The molecule has 1 aromatic rings. The van der Waals surface area contributed by atoms with E-state index in [0.717, 1.165) is 22.5 Å². The summed E-state index contributed by atoms with van der Waals surface area (Å²) in [5.74, 6) is 0.766. The molecule has 2 rings (SSSR count). The third-order valence-electron chi connectivity index (χ3n) is 4.00. The van der Waals surface area contributed by atoms with Crippen LogP contribution in [0, 0.1) is 5.92 Å². The summed E-state index contributed by atoms with van der Waals surface area (Å²) in [5.41, 5.74) is 0. The molecule has 0 spiro atoms. The van der Waals surface area contributed by atoms with Crippen LogP contribution in [0.5, 0.6) is 0 Å². The fourth-order valence-corrected chi connectivity index (χ4v) is 3.54. The number of hydrogen-bond donors (Lipinski definition) is 1. The minimum Gasteiger partial charge on any atom is -0.357 e. The highest BCUT2D eigenvalue weighted by Crippen LogP contribution is 2.24. The lowest BCUT2D eigenvalue weighted by atomic mass is 9.90. The van der Waals surface area contributed by atoms with Gasteiger partial charge in [-0.05, 0) is 58.2 Å². The van der Waals surface area contributed by atoms with Crippen molar-refractivity contribution in [1.82, 2.24) is 15.1 Å². The van der Waals surface area contributed by atoms with Crippen molar-refractivity contribution in [2.75, 3.05) is 25.0 Å². The molecule has 1 aliphatic heterocycles. The molecule has 5 heteroatoms. The summed E-state index contributed by atoms with van der Waals surface area (Å²) >= 11 is 1.69. The molecule has 19 heavy (non-hydrogen) atoms. The molecule has 1 N–H and O–H groups in total. The smallest absolute Gasteiger partial charge is 0.205 e. The molecule has 0 aliphatic carbocycles. The number of aromatic nitrogens is 2. The summed E-state index contributed by atoms with van der Waals surface area (Å²) in [6.07, 6.45) is 4.84. The predicted octanol–water partition coefficient (Wildman–Crippen LogP) is 3.02. The predicted molar refractivity (Wildman–Crippen MR) is 81.8 cm³/mol. The molecule has 0 saturated carbocycles. The molecule has 1 aromatic heterocycles. The first-order valence-corrected chi connectivity index (χ1v) is 8.35. The van der Waals surface area contributed by atoms with Crippen molar-refractivity contribution >= 4 is 16.5 Å². The van der Waals surface area contributed by atoms with E-state index in [4.69, 9.17) is 0 Å². The molecule has 1 atom stereocenters. The third-order valence-corrected chi connectivity index (χ3v) is 5.00. The second-order valence-corrected chi connectivity index (χ2v) is 6.53. The van der Waals surface area contributed by atoms with Crippen LogP contribution >= 0.6 is 11.3 Å². The Bertz CT molecular complexity index is 371. The Morgan fingerprint density at radius 1 is 1.32 bits per heavy atom. The molecule has 1 fully saturated rings. The molecule has 0 amide bonds. The number of aryl methyl sites for hydroxylation is 1. The Kier molecular flexibility index (Phi) is 5.58. The maximum absolute atomic E-state index is 4.21. The Morgan fingerprint density at radius 3 is 2.63 bits per heavy atom. The van der Waals surface area contributed by atoms with E-state index in [-0.39, 0.29) is 0 Å². The average Bonchev–Trinajstić information content (AvgIpc) is 2.87. The van der Waals surface area contributed by atoms with Crippen LogP contribution in [0.3, 0.4) is 0 Å². The third kappa shape index (κ3) is 4.14. The van der Waals surface area contributed by atoms with Crippen molar-refractivity contribution in [1.29, 1.82) is 0 Å². The SMILES string of the molecule is CCCN1CCC(C(C)Nc2nnc(CC)s2)CC1. The number of anilines is 1. The number of piperidine rings is 1. The van der Waals surface area contributed by atoms with E-state index in [1.54, 1.807) is 11.3 Å². The van der Waals surface area contributed by atoms with Gasteiger partial charge in [0.1, 0.15) is 5.01 Å². The molecule has 0 aromatic carbocycles. The van der Waals surface area contributed by atoms with Crippen LogP contribution in [0.1, 0.15) is 45.0 Å². The minimum atomic E-state index is 0.501. The summed E-state index contributed by atoms with van der Waals surface area (Å²) in [6.45, 7) is 10.4. The summed E-state index contributed by atoms with van der Waals surface area (Å²) < 4.78 is 0. The summed E-state index contributed by atoms with van der Waals surface area (Å²) in [4.78, 5) is 2.59. The van der Waals surface area contributed by atoms with E-state index < -0.39 is 0 Å². The van der Waals surface area contributed by atoms with Gasteiger partial charge in [-0.25, -0.2) is 0 Å². The van der Waals surface area contributed by atoms with E-state index in [0.29, 0.717) is 6.04 Å². The van der Waals surface area contributed by atoms with Crippen molar-refractivity contribution in [3.05, 3.63) is 5.01 Å². The summed E-state index contributed by atoms with van der Waals surface area (Å²) in [5, 5.41) is 14.0. The van der Waals surface area contributed by atoms with Gasteiger partial charge in [0.05, 0.1) is 0 Å². The fraction of sp³-hybridized carbons (Fsp3) is 0.857. The first kappa shape index (κ1) is 14.7. The monoisotopic (exact) mass is 282 g/mol. The van der Waals surface area contributed by atoms with Gasteiger partial charge in [0.2, 0.25) is 5.13 Å². The van der Waals surface area contributed by atoms with Gasteiger partial charge < -0.3 is 10.2 Å². The van der Waals surface area contributed by atoms with Crippen LogP contribution in [0.2, 0.25) is 0 Å². The summed E-state index contributed by atoms with van der Waals surface area (Å²) in [6, 6.07) is 0.501. The number of nitrogens with one attached hydrogen (secondary N) is 1. The zero-order valence-electron chi connectivity index (χ0n) is 12.4. The van der Waals surface area contributed by atoms with Gasteiger partial charge >= 0.3 is 0 Å². The van der Waals surface area contributed by atoms with E-state index >= 15 is 0 Å². The largest absolute Gasteiger partial charge is 0.357 e. The lowest BCUT2D eigenvalue weighted by molar-refractivity contribution is 0.176. The van der Waals surface area contributed by atoms with Crippen LogP contribution in [0.4, 0.5) is 5.13 Å². The second kappa shape index (κ2) is 7.20. The highest BCUT2D eigenvalue weighted by atomic mass is 32.1. The Morgan fingerprint density at radius 2 is 2.05 bits per heavy atom. The van der Waals surface area contributed by atoms with Crippen molar-refractivity contribution < 1.29 is 0 Å². The first-order valence-electron chi connectivity index (χ1n) is 7.54. The fourth-order valence-electron chi connectivity index (χ4n) is 2.76. The molecule has 0 bridgehead atoms. The van der Waals surface area contributed by atoms with Crippen LogP contribution < -0.4 is 5.32 Å². The quantitative estimate of drug-likeness (QED) is 0.871. The normalized spacial score (nSPS) is 19.5. The lowest BCUT2D eigenvalue weighted by Gasteiger charge is -2.34. The van der Waals surface area contributed by atoms with Gasteiger partial charge in [0.15, 0.2) is 0 Å². The molecule has 4 nitrogen and oxygen atoms in total. The van der Waals surface area contributed by atoms with Crippen LogP contribution in [0.15, 0.2) is 0 Å². The van der Waals surface area contributed by atoms with E-state index in [1.165, 1.54) is 38.9 Å². The number of hydrogen-bond acceptors (Lipinski definition) is 5. The van der Waals surface area contributed by atoms with Crippen molar-refractivity contribution in [3.8, 4) is 0 Å². The van der Waals surface area contributed by atoms with Gasteiger partial charge in [-0.2, -0.15) is 0 Å². The number of rotatable bonds is 6. The maximum atomic E-state index is 4.21. The maximum Gasteiger partial charge on any atom is 0.205 e. The molecular formula is C14H26N4S. The lowest BCUT2D eigenvalue weighted by Crippen LogP contribution is -2.39. The van der Waals surface area contributed by atoms with Gasteiger partial charge in [0, 0.05) is 6.04 Å². The van der Waals surface area contributed by atoms with Crippen LogP contribution in [-0.4, -0.2) is 40.8 Å². The zero-order chi connectivity index (χ0) is 13.7. The highest BCUT2D eigenvalue weighted by molar-refractivity contribution is 7.15. The standard InChI is InChI=1S/C14H26N4S/c1-4-8-18-9-6-12(7-10-18)11(3)15-14-17-16-13(5-2)19-14/h11-12H,4-10H2,1-3H3,(H,15,17). The molecule has 2 heterocycles. The molecule has 108 valence electrons. The van der Waals surface area contributed by atoms with Crippen LogP contribution in [0.25, 0.3) is 0 Å². The van der Waals surface area contributed by atoms with Crippen LogP contribution in [-0.2, 0) is 6.42 Å². The Labute approximate surface area is 120 Å². The summed E-state index contributed by atoms with van der Waals surface area (Å²) in [7, 11) is 0. The second-order valence-electron chi connectivity index (χ2n) is 5.47. The number of nitrogens with zero attached hydrogens (tertiary/aromatic N) is 3. The molecule has 0 radical (unpaired) electrons. The number of likely N-dealkylation sites (tertiary alicyclic amines) is 1. The van der Waals surface area contributed by atoms with E-state index in [2.05, 4.69) is 41.2 Å². The average molecular weight is 282 g/mol. The molecular weight excluding hydrogens is 256 g/mol. The van der Waals surface area contributed by atoms with Gasteiger partial charge in [-0.15, -0.1) is 10.2 Å². The first-order chi connectivity index (χ1) is 9.22. The van der Waals surface area contributed by atoms with E-state index in [1.807, 2.05) is 0 Å². The van der Waals surface area contributed by atoms with Gasteiger partial charge in [-0.3, -0.25) is 0 Å². The van der Waals surface area contributed by atoms with Crippen molar-refractivity contribution in [3.63, 3.8) is 0 Å². The topological polar surface area (TPSA) is 41.0 Å².